The van der Waals surface area contributed by atoms with Crippen molar-refractivity contribution < 1.29 is 4.92 Å². The summed E-state index contributed by atoms with van der Waals surface area (Å²) in [6, 6.07) is 5.01. The number of halogens is 1. The van der Waals surface area contributed by atoms with E-state index in [1.165, 1.54) is 6.07 Å². The third kappa shape index (κ3) is 3.10. The van der Waals surface area contributed by atoms with E-state index >= 15 is 0 Å². The Morgan fingerprint density at radius 3 is 2.79 bits per heavy atom. The second-order valence-corrected chi connectivity index (χ2v) is 5.83. The number of aromatic nitrogens is 1. The molecule has 5 nitrogen and oxygen atoms in total. The lowest BCUT2D eigenvalue weighted by Crippen LogP contribution is -2.06. The van der Waals surface area contributed by atoms with Crippen LogP contribution < -0.4 is 5.32 Å². The Hall–Kier alpha value is -1.47. The van der Waals surface area contributed by atoms with Crippen LogP contribution in [0.2, 0.25) is 0 Å². The summed E-state index contributed by atoms with van der Waals surface area (Å²) in [5, 5.41) is 14.0. The zero-order valence-electron chi connectivity index (χ0n) is 10.4. The summed E-state index contributed by atoms with van der Waals surface area (Å²) in [7, 11) is 0. The molecule has 1 N–H and O–H groups in total. The minimum Gasteiger partial charge on any atom is -0.378 e. The van der Waals surface area contributed by atoms with Gasteiger partial charge in [0.15, 0.2) is 0 Å². The minimum atomic E-state index is -0.412. The lowest BCUT2D eigenvalue weighted by Gasteiger charge is -2.14. The van der Waals surface area contributed by atoms with Gasteiger partial charge in [0.25, 0.3) is 5.69 Å². The predicted octanol–water partition coefficient (Wildman–Crippen LogP) is 4.30. The number of nitrogens with zero attached hydrogens (tertiary/aromatic N) is 2. The van der Waals surface area contributed by atoms with Crippen molar-refractivity contribution in [1.82, 2.24) is 4.98 Å². The number of nitrogens with one attached hydrogen (secondary N) is 1. The number of aryl methyl sites for hydroxylation is 1. The SMILES string of the molecule is Cc1ncsc1C(C)Nc1ccc([N+](=O)[O-])c(Br)c1. The number of benzene rings is 1. The van der Waals surface area contributed by atoms with Gasteiger partial charge >= 0.3 is 0 Å². The Bertz CT molecular complexity index is 615. The van der Waals surface area contributed by atoms with Gasteiger partial charge in [-0.25, -0.2) is 4.98 Å². The molecule has 1 aromatic heterocycles. The molecule has 100 valence electrons. The van der Waals surface area contributed by atoms with Gasteiger partial charge in [-0.15, -0.1) is 11.3 Å². The van der Waals surface area contributed by atoms with Gasteiger partial charge in [-0.3, -0.25) is 10.1 Å². The van der Waals surface area contributed by atoms with Crippen LogP contribution in [0.1, 0.15) is 23.5 Å². The van der Waals surface area contributed by atoms with E-state index in [2.05, 4.69) is 26.2 Å². The first-order chi connectivity index (χ1) is 8.99. The number of nitro benzene ring substituents is 1. The van der Waals surface area contributed by atoms with Gasteiger partial charge in [-0.2, -0.15) is 0 Å². The maximum Gasteiger partial charge on any atom is 0.283 e. The predicted molar refractivity (Wildman–Crippen MR) is 79.7 cm³/mol. The van der Waals surface area contributed by atoms with Gasteiger partial charge in [0, 0.05) is 16.6 Å². The highest BCUT2D eigenvalue weighted by Crippen LogP contribution is 2.30. The van der Waals surface area contributed by atoms with Crippen molar-refractivity contribution in [3.8, 4) is 0 Å². The molecule has 0 radical (unpaired) electrons. The molecule has 1 atom stereocenters. The van der Waals surface area contributed by atoms with Crippen LogP contribution in [0.15, 0.2) is 28.2 Å². The minimum absolute atomic E-state index is 0.0622. The zero-order valence-corrected chi connectivity index (χ0v) is 12.8. The molecule has 0 amide bonds. The van der Waals surface area contributed by atoms with E-state index in [0.29, 0.717) is 4.47 Å². The smallest absolute Gasteiger partial charge is 0.283 e. The van der Waals surface area contributed by atoms with Crippen LogP contribution in [0, 0.1) is 17.0 Å². The van der Waals surface area contributed by atoms with E-state index in [-0.39, 0.29) is 11.7 Å². The summed E-state index contributed by atoms with van der Waals surface area (Å²) in [6.07, 6.45) is 0. The Morgan fingerprint density at radius 1 is 1.53 bits per heavy atom. The highest BCUT2D eigenvalue weighted by atomic mass is 79.9. The monoisotopic (exact) mass is 341 g/mol. The maximum absolute atomic E-state index is 10.7. The first-order valence-electron chi connectivity index (χ1n) is 5.59. The highest BCUT2D eigenvalue weighted by Gasteiger charge is 2.14. The third-order valence-electron chi connectivity index (χ3n) is 2.70. The molecule has 0 spiro atoms. The molecule has 0 saturated heterocycles. The number of hydrogen-bond acceptors (Lipinski definition) is 5. The summed E-state index contributed by atoms with van der Waals surface area (Å²) in [4.78, 5) is 15.7. The topological polar surface area (TPSA) is 68.1 Å². The van der Waals surface area contributed by atoms with Crippen LogP contribution in [-0.2, 0) is 0 Å². The standard InChI is InChI=1S/C12H12BrN3O2S/c1-7-12(19-6-14-7)8(2)15-9-3-4-11(16(17)18)10(13)5-9/h3-6,8,15H,1-2H3. The fourth-order valence-electron chi connectivity index (χ4n) is 1.79. The molecule has 0 aliphatic rings. The number of rotatable bonds is 4. The first kappa shape index (κ1) is 14.0. The van der Waals surface area contributed by atoms with E-state index in [9.17, 15) is 10.1 Å². The van der Waals surface area contributed by atoms with Gasteiger partial charge in [-0.1, -0.05) is 0 Å². The number of thiazole rings is 1. The summed E-state index contributed by atoms with van der Waals surface area (Å²) >= 11 is 4.81. The average Bonchev–Trinajstić information content (AvgIpc) is 2.75. The molecule has 0 saturated carbocycles. The molecular formula is C12H12BrN3O2S. The van der Waals surface area contributed by atoms with Crippen molar-refractivity contribution in [1.29, 1.82) is 0 Å². The third-order valence-corrected chi connectivity index (χ3v) is 4.45. The summed E-state index contributed by atoms with van der Waals surface area (Å²) in [6.45, 7) is 4.01. The molecule has 0 aliphatic carbocycles. The maximum atomic E-state index is 10.7. The molecular weight excluding hydrogens is 330 g/mol. The van der Waals surface area contributed by atoms with Crippen molar-refractivity contribution in [2.45, 2.75) is 19.9 Å². The van der Waals surface area contributed by atoms with Crippen LogP contribution in [0.4, 0.5) is 11.4 Å². The Labute approximate surface area is 123 Å². The molecule has 0 aliphatic heterocycles. The molecule has 7 heteroatoms. The second kappa shape index (κ2) is 5.66. The average molecular weight is 342 g/mol. The lowest BCUT2D eigenvalue weighted by molar-refractivity contribution is -0.385. The molecule has 19 heavy (non-hydrogen) atoms. The largest absolute Gasteiger partial charge is 0.378 e. The van der Waals surface area contributed by atoms with Gasteiger partial charge in [0.1, 0.15) is 0 Å². The van der Waals surface area contributed by atoms with E-state index in [1.807, 2.05) is 19.4 Å². The lowest BCUT2D eigenvalue weighted by atomic mass is 10.2. The van der Waals surface area contributed by atoms with Crippen LogP contribution in [0.25, 0.3) is 0 Å². The Kier molecular flexibility index (Phi) is 4.16. The first-order valence-corrected chi connectivity index (χ1v) is 7.26. The molecule has 1 unspecified atom stereocenters. The van der Waals surface area contributed by atoms with Crippen LogP contribution in [0.5, 0.6) is 0 Å². The second-order valence-electron chi connectivity index (χ2n) is 4.09. The fourth-order valence-corrected chi connectivity index (χ4v) is 3.12. The Morgan fingerprint density at radius 2 is 2.26 bits per heavy atom. The molecule has 0 bridgehead atoms. The van der Waals surface area contributed by atoms with E-state index in [0.717, 1.165) is 16.3 Å². The van der Waals surface area contributed by atoms with Gasteiger partial charge in [-0.05, 0) is 41.9 Å². The van der Waals surface area contributed by atoms with Crippen molar-refractivity contribution >= 4 is 38.6 Å². The highest BCUT2D eigenvalue weighted by molar-refractivity contribution is 9.10. The summed E-state index contributed by atoms with van der Waals surface area (Å²) < 4.78 is 0.468. The molecule has 1 heterocycles. The van der Waals surface area contributed by atoms with Gasteiger partial charge in [0.2, 0.25) is 0 Å². The Balaban J connectivity index is 2.18. The quantitative estimate of drug-likeness (QED) is 0.665. The number of anilines is 1. The number of hydrogen-bond donors (Lipinski definition) is 1. The van der Waals surface area contributed by atoms with Crippen molar-refractivity contribution in [2.75, 3.05) is 5.32 Å². The molecule has 1 aromatic carbocycles. The molecule has 2 rings (SSSR count). The van der Waals surface area contributed by atoms with Crippen molar-refractivity contribution in [3.63, 3.8) is 0 Å². The van der Waals surface area contributed by atoms with Crippen LogP contribution >= 0.6 is 27.3 Å². The normalized spacial score (nSPS) is 12.2. The zero-order chi connectivity index (χ0) is 14.0. The number of nitro groups is 1. The summed E-state index contributed by atoms with van der Waals surface area (Å²) in [5.74, 6) is 0. The van der Waals surface area contributed by atoms with Crippen molar-refractivity contribution in [3.05, 3.63) is 48.9 Å². The summed E-state index contributed by atoms with van der Waals surface area (Å²) in [5.41, 5.74) is 3.71. The molecule has 0 fully saturated rings. The van der Waals surface area contributed by atoms with Crippen LogP contribution in [0.3, 0.4) is 0 Å². The van der Waals surface area contributed by atoms with E-state index in [1.54, 1.807) is 23.5 Å². The van der Waals surface area contributed by atoms with Crippen molar-refractivity contribution in [2.24, 2.45) is 0 Å². The molecule has 2 aromatic rings. The fraction of sp³-hybridized carbons (Fsp3) is 0.250. The van der Waals surface area contributed by atoms with E-state index in [4.69, 9.17) is 0 Å². The van der Waals surface area contributed by atoms with Gasteiger partial charge in [0.05, 0.1) is 26.6 Å². The van der Waals surface area contributed by atoms with Crippen LogP contribution in [-0.4, -0.2) is 9.91 Å². The van der Waals surface area contributed by atoms with Gasteiger partial charge < -0.3 is 5.32 Å². The van der Waals surface area contributed by atoms with E-state index < -0.39 is 4.92 Å².